The standard InChI is InChI=1S/C22H15F3N2O4/c1-12(28)31-16-7-2-4-13(10-16)21(29)26-14-5-3-6-15(11-14)27-22(30)17-8-9-18(23)20(25)19(17)24/h2-11H,1H3,(H,26,29)(H,27,30). The zero-order valence-corrected chi connectivity index (χ0v) is 16.0. The maximum Gasteiger partial charge on any atom is 0.308 e. The summed E-state index contributed by atoms with van der Waals surface area (Å²) in [7, 11) is 0. The Kier molecular flexibility index (Phi) is 6.35. The van der Waals surface area contributed by atoms with Crippen molar-refractivity contribution in [2.45, 2.75) is 6.92 Å². The van der Waals surface area contributed by atoms with Crippen molar-refractivity contribution in [3.8, 4) is 5.75 Å². The fourth-order valence-electron chi connectivity index (χ4n) is 2.64. The first-order chi connectivity index (χ1) is 14.7. The van der Waals surface area contributed by atoms with Crippen molar-refractivity contribution >= 4 is 29.2 Å². The van der Waals surface area contributed by atoms with Gasteiger partial charge in [0.2, 0.25) is 0 Å². The summed E-state index contributed by atoms with van der Waals surface area (Å²) in [5.74, 6) is -6.58. The van der Waals surface area contributed by atoms with Gasteiger partial charge >= 0.3 is 5.97 Å². The lowest BCUT2D eigenvalue weighted by Gasteiger charge is -2.10. The van der Waals surface area contributed by atoms with Gasteiger partial charge in [0.15, 0.2) is 17.5 Å². The summed E-state index contributed by atoms with van der Waals surface area (Å²) >= 11 is 0. The minimum atomic E-state index is -1.75. The summed E-state index contributed by atoms with van der Waals surface area (Å²) in [5, 5.41) is 4.96. The number of hydrogen-bond acceptors (Lipinski definition) is 4. The first-order valence-corrected chi connectivity index (χ1v) is 8.89. The van der Waals surface area contributed by atoms with E-state index in [1.165, 1.54) is 43.3 Å². The Labute approximate surface area is 174 Å². The van der Waals surface area contributed by atoms with Gasteiger partial charge in [0, 0.05) is 23.9 Å². The van der Waals surface area contributed by atoms with Crippen LogP contribution in [-0.4, -0.2) is 17.8 Å². The normalized spacial score (nSPS) is 10.3. The Morgan fingerprint density at radius 2 is 1.42 bits per heavy atom. The molecular weight excluding hydrogens is 413 g/mol. The molecule has 0 spiro atoms. The van der Waals surface area contributed by atoms with Gasteiger partial charge in [-0.25, -0.2) is 13.2 Å². The molecule has 0 unspecified atom stereocenters. The van der Waals surface area contributed by atoms with Crippen LogP contribution in [0.4, 0.5) is 24.5 Å². The highest BCUT2D eigenvalue weighted by Crippen LogP contribution is 2.20. The maximum absolute atomic E-state index is 13.8. The molecule has 0 aliphatic carbocycles. The number of benzene rings is 3. The number of carbonyl (C=O) groups is 3. The molecule has 0 saturated carbocycles. The number of hydrogen-bond donors (Lipinski definition) is 2. The number of carbonyl (C=O) groups excluding carboxylic acids is 3. The molecule has 0 saturated heterocycles. The smallest absolute Gasteiger partial charge is 0.308 e. The average Bonchev–Trinajstić information content (AvgIpc) is 2.72. The summed E-state index contributed by atoms with van der Waals surface area (Å²) in [5.41, 5.74) is 0.0275. The highest BCUT2D eigenvalue weighted by molar-refractivity contribution is 6.06. The Morgan fingerprint density at radius 1 is 0.774 bits per heavy atom. The number of anilines is 2. The van der Waals surface area contributed by atoms with Crippen molar-refractivity contribution in [2.75, 3.05) is 10.6 Å². The van der Waals surface area contributed by atoms with Crippen molar-refractivity contribution in [1.82, 2.24) is 0 Å². The molecule has 9 heteroatoms. The van der Waals surface area contributed by atoms with E-state index in [1.807, 2.05) is 0 Å². The second-order valence-electron chi connectivity index (χ2n) is 6.33. The molecule has 31 heavy (non-hydrogen) atoms. The van der Waals surface area contributed by atoms with Crippen LogP contribution >= 0.6 is 0 Å². The topological polar surface area (TPSA) is 84.5 Å². The Hall–Kier alpha value is -4.14. The van der Waals surface area contributed by atoms with Crippen LogP contribution in [0.2, 0.25) is 0 Å². The fourth-order valence-corrected chi connectivity index (χ4v) is 2.64. The number of amides is 2. The van der Waals surface area contributed by atoms with E-state index < -0.39 is 40.8 Å². The molecule has 0 aromatic heterocycles. The highest BCUT2D eigenvalue weighted by atomic mass is 19.2. The fraction of sp³-hybridized carbons (Fsp3) is 0.0455. The summed E-state index contributed by atoms with van der Waals surface area (Å²) in [6.07, 6.45) is 0. The van der Waals surface area contributed by atoms with E-state index in [2.05, 4.69) is 10.6 Å². The minimum absolute atomic E-state index is 0.181. The van der Waals surface area contributed by atoms with Crippen molar-refractivity contribution in [2.24, 2.45) is 0 Å². The van der Waals surface area contributed by atoms with Crippen LogP contribution in [0, 0.1) is 17.5 Å². The summed E-state index contributed by atoms with van der Waals surface area (Å²) in [6, 6.07) is 13.3. The van der Waals surface area contributed by atoms with E-state index in [0.29, 0.717) is 11.8 Å². The molecule has 158 valence electrons. The number of halogens is 3. The molecule has 0 atom stereocenters. The third-order valence-corrected chi connectivity index (χ3v) is 4.02. The summed E-state index contributed by atoms with van der Waals surface area (Å²) in [6.45, 7) is 1.23. The Bertz CT molecular complexity index is 1180. The number of esters is 1. The molecule has 3 aromatic carbocycles. The van der Waals surface area contributed by atoms with Crippen LogP contribution in [0.1, 0.15) is 27.6 Å². The molecule has 0 heterocycles. The first-order valence-electron chi connectivity index (χ1n) is 8.89. The first kappa shape index (κ1) is 21.6. The average molecular weight is 428 g/mol. The Balaban J connectivity index is 1.73. The SMILES string of the molecule is CC(=O)Oc1cccc(C(=O)Nc2cccc(NC(=O)c3ccc(F)c(F)c3F)c2)c1. The molecule has 0 aliphatic rings. The van der Waals surface area contributed by atoms with Crippen molar-refractivity contribution < 1.29 is 32.3 Å². The van der Waals surface area contributed by atoms with E-state index in [0.717, 1.165) is 6.07 Å². The third-order valence-electron chi connectivity index (χ3n) is 4.02. The molecule has 2 N–H and O–H groups in total. The van der Waals surface area contributed by atoms with Crippen LogP contribution in [0.3, 0.4) is 0 Å². The molecule has 6 nitrogen and oxygen atoms in total. The van der Waals surface area contributed by atoms with Gasteiger partial charge < -0.3 is 15.4 Å². The molecule has 0 bridgehead atoms. The number of rotatable bonds is 5. The molecule has 0 aliphatic heterocycles. The molecule has 2 amide bonds. The zero-order valence-electron chi connectivity index (χ0n) is 16.0. The molecule has 0 fully saturated rings. The summed E-state index contributed by atoms with van der Waals surface area (Å²) < 4.78 is 45.1. The lowest BCUT2D eigenvalue weighted by atomic mass is 10.1. The van der Waals surface area contributed by atoms with Gasteiger partial charge in [-0.1, -0.05) is 12.1 Å². The minimum Gasteiger partial charge on any atom is -0.427 e. The molecule has 3 rings (SSSR count). The van der Waals surface area contributed by atoms with Gasteiger partial charge in [-0.15, -0.1) is 0 Å². The van der Waals surface area contributed by atoms with Crippen LogP contribution in [0.15, 0.2) is 60.7 Å². The largest absolute Gasteiger partial charge is 0.427 e. The van der Waals surface area contributed by atoms with Gasteiger partial charge in [-0.05, 0) is 48.5 Å². The maximum atomic E-state index is 13.8. The van der Waals surface area contributed by atoms with Gasteiger partial charge in [0.1, 0.15) is 5.75 Å². The monoisotopic (exact) mass is 428 g/mol. The second kappa shape index (κ2) is 9.12. The van der Waals surface area contributed by atoms with E-state index in [9.17, 15) is 27.6 Å². The van der Waals surface area contributed by atoms with Crippen LogP contribution in [0.5, 0.6) is 5.75 Å². The quantitative estimate of drug-likeness (QED) is 0.355. The third kappa shape index (κ3) is 5.27. The molecule has 0 radical (unpaired) electrons. The molecular formula is C22H15F3N2O4. The number of nitrogens with one attached hydrogen (secondary N) is 2. The predicted molar refractivity (Wildman–Crippen MR) is 106 cm³/mol. The lowest BCUT2D eigenvalue weighted by Crippen LogP contribution is -2.16. The highest BCUT2D eigenvalue weighted by Gasteiger charge is 2.19. The second-order valence-corrected chi connectivity index (χ2v) is 6.33. The van der Waals surface area contributed by atoms with Crippen molar-refractivity contribution in [3.63, 3.8) is 0 Å². The summed E-state index contributed by atoms with van der Waals surface area (Å²) in [4.78, 5) is 35.7. The van der Waals surface area contributed by atoms with E-state index in [4.69, 9.17) is 4.74 Å². The van der Waals surface area contributed by atoms with E-state index in [1.54, 1.807) is 12.1 Å². The van der Waals surface area contributed by atoms with Gasteiger partial charge in [-0.3, -0.25) is 14.4 Å². The van der Waals surface area contributed by atoms with E-state index >= 15 is 0 Å². The van der Waals surface area contributed by atoms with Gasteiger partial charge in [0.25, 0.3) is 11.8 Å². The lowest BCUT2D eigenvalue weighted by molar-refractivity contribution is -0.131. The van der Waals surface area contributed by atoms with Crippen LogP contribution < -0.4 is 15.4 Å². The van der Waals surface area contributed by atoms with Gasteiger partial charge in [0.05, 0.1) is 5.56 Å². The zero-order chi connectivity index (χ0) is 22.5. The predicted octanol–water partition coefficient (Wildman–Crippen LogP) is 4.53. The van der Waals surface area contributed by atoms with Gasteiger partial charge in [-0.2, -0.15) is 0 Å². The molecule has 3 aromatic rings. The van der Waals surface area contributed by atoms with Crippen LogP contribution in [-0.2, 0) is 4.79 Å². The van der Waals surface area contributed by atoms with Crippen LogP contribution in [0.25, 0.3) is 0 Å². The Morgan fingerprint density at radius 3 is 2.10 bits per heavy atom. The van der Waals surface area contributed by atoms with E-state index in [-0.39, 0.29) is 17.0 Å². The van der Waals surface area contributed by atoms with Crippen molar-refractivity contribution in [1.29, 1.82) is 0 Å². The van der Waals surface area contributed by atoms with Crippen molar-refractivity contribution in [3.05, 3.63) is 89.2 Å². The number of ether oxygens (including phenoxy) is 1.